The molecule has 86 valence electrons. The van der Waals surface area contributed by atoms with Crippen LogP contribution in [0.25, 0.3) is 0 Å². The molecule has 16 heavy (non-hydrogen) atoms. The first-order chi connectivity index (χ1) is 7.86. The second-order valence-corrected chi connectivity index (χ2v) is 5.28. The normalized spacial score (nSPS) is 24.3. The van der Waals surface area contributed by atoms with Gasteiger partial charge in [-0.2, -0.15) is 0 Å². The third-order valence-corrected chi connectivity index (χ3v) is 3.83. The summed E-state index contributed by atoms with van der Waals surface area (Å²) in [6.07, 6.45) is 4.01. The first kappa shape index (κ1) is 10.2. The number of rotatable bonds is 3. The van der Waals surface area contributed by atoms with Crippen LogP contribution in [-0.2, 0) is 6.42 Å². The lowest BCUT2D eigenvalue weighted by atomic mass is 9.92. The molecule has 1 aliphatic heterocycles. The number of nitrogens with zero attached hydrogens (tertiary/aromatic N) is 1. The van der Waals surface area contributed by atoms with Crippen LogP contribution in [0.5, 0.6) is 0 Å². The number of hydrogen-bond donors (Lipinski definition) is 1. The lowest BCUT2D eigenvalue weighted by molar-refractivity contribution is 0.492. The van der Waals surface area contributed by atoms with E-state index < -0.39 is 0 Å². The molecule has 0 amide bonds. The zero-order valence-corrected chi connectivity index (χ0v) is 9.73. The molecule has 0 bridgehead atoms. The molecule has 0 saturated heterocycles. The fourth-order valence-electron chi connectivity index (χ4n) is 2.72. The van der Waals surface area contributed by atoms with Crippen LogP contribution in [0.1, 0.15) is 18.4 Å². The molecule has 1 atom stereocenters. The summed E-state index contributed by atoms with van der Waals surface area (Å²) >= 11 is 0. The Morgan fingerprint density at radius 1 is 1.19 bits per heavy atom. The van der Waals surface area contributed by atoms with E-state index in [1.54, 1.807) is 0 Å². The number of benzene rings is 1. The van der Waals surface area contributed by atoms with Crippen LogP contribution in [0.15, 0.2) is 24.3 Å². The van der Waals surface area contributed by atoms with Gasteiger partial charge in [0.1, 0.15) is 0 Å². The van der Waals surface area contributed by atoms with E-state index >= 15 is 0 Å². The number of anilines is 1. The Morgan fingerprint density at radius 2 is 2.00 bits per heavy atom. The molecule has 3 rings (SSSR count). The SMILES string of the molecule is NCC1Cc2ccccc2N(CC2CC2)C1. The maximum absolute atomic E-state index is 5.84. The minimum absolute atomic E-state index is 0.647. The third kappa shape index (κ3) is 1.94. The Kier molecular flexibility index (Phi) is 2.60. The molecule has 2 heteroatoms. The lowest BCUT2D eigenvalue weighted by Gasteiger charge is -2.36. The van der Waals surface area contributed by atoms with Crippen molar-refractivity contribution in [2.45, 2.75) is 19.3 Å². The molecule has 1 aromatic rings. The Balaban J connectivity index is 1.85. The van der Waals surface area contributed by atoms with Gasteiger partial charge >= 0.3 is 0 Å². The van der Waals surface area contributed by atoms with Crippen molar-refractivity contribution >= 4 is 5.69 Å². The molecule has 2 N–H and O–H groups in total. The van der Waals surface area contributed by atoms with Crippen LogP contribution in [0.4, 0.5) is 5.69 Å². The van der Waals surface area contributed by atoms with Crippen molar-refractivity contribution < 1.29 is 0 Å². The van der Waals surface area contributed by atoms with Crippen LogP contribution in [0, 0.1) is 11.8 Å². The molecule has 1 fully saturated rings. The van der Waals surface area contributed by atoms with Gasteiger partial charge in [0.15, 0.2) is 0 Å². The van der Waals surface area contributed by atoms with Gasteiger partial charge in [-0.1, -0.05) is 18.2 Å². The van der Waals surface area contributed by atoms with Crippen LogP contribution >= 0.6 is 0 Å². The van der Waals surface area contributed by atoms with Crippen LogP contribution in [0.3, 0.4) is 0 Å². The maximum Gasteiger partial charge on any atom is 0.0399 e. The van der Waals surface area contributed by atoms with Crippen molar-refractivity contribution in [2.75, 3.05) is 24.5 Å². The van der Waals surface area contributed by atoms with Crippen molar-refractivity contribution in [2.24, 2.45) is 17.6 Å². The average molecular weight is 216 g/mol. The highest BCUT2D eigenvalue weighted by Crippen LogP contribution is 2.35. The van der Waals surface area contributed by atoms with Gasteiger partial charge in [-0.25, -0.2) is 0 Å². The van der Waals surface area contributed by atoms with Crippen molar-refractivity contribution in [1.29, 1.82) is 0 Å². The fraction of sp³-hybridized carbons (Fsp3) is 0.571. The highest BCUT2D eigenvalue weighted by atomic mass is 15.1. The van der Waals surface area contributed by atoms with E-state index in [1.165, 1.54) is 30.6 Å². The first-order valence-corrected chi connectivity index (χ1v) is 6.39. The van der Waals surface area contributed by atoms with E-state index in [2.05, 4.69) is 29.2 Å². The molecule has 0 aromatic heterocycles. The maximum atomic E-state index is 5.84. The second kappa shape index (κ2) is 4.10. The molecule has 1 aliphatic carbocycles. The molecule has 1 heterocycles. The van der Waals surface area contributed by atoms with Crippen LogP contribution in [0.2, 0.25) is 0 Å². The molecule has 2 nitrogen and oxygen atoms in total. The summed E-state index contributed by atoms with van der Waals surface area (Å²) in [6, 6.07) is 8.83. The van der Waals surface area contributed by atoms with Gasteiger partial charge in [0.25, 0.3) is 0 Å². The van der Waals surface area contributed by atoms with Crippen molar-refractivity contribution in [3.05, 3.63) is 29.8 Å². The van der Waals surface area contributed by atoms with Gasteiger partial charge in [0, 0.05) is 18.8 Å². The van der Waals surface area contributed by atoms with E-state index in [0.717, 1.165) is 25.4 Å². The molecule has 0 spiro atoms. The van der Waals surface area contributed by atoms with Gasteiger partial charge in [-0.15, -0.1) is 0 Å². The summed E-state index contributed by atoms with van der Waals surface area (Å²) in [5, 5.41) is 0. The minimum atomic E-state index is 0.647. The van der Waals surface area contributed by atoms with E-state index in [-0.39, 0.29) is 0 Å². The monoisotopic (exact) mass is 216 g/mol. The standard InChI is InChI=1S/C14H20N2/c15-8-12-7-13-3-1-2-4-14(13)16(10-12)9-11-5-6-11/h1-4,11-12H,5-10,15H2. The quantitative estimate of drug-likeness (QED) is 0.837. The molecule has 1 saturated carbocycles. The predicted octanol–water partition coefficient (Wildman–Crippen LogP) is 2.03. The molecular weight excluding hydrogens is 196 g/mol. The fourth-order valence-corrected chi connectivity index (χ4v) is 2.72. The Hall–Kier alpha value is -1.02. The van der Waals surface area contributed by atoms with E-state index in [9.17, 15) is 0 Å². The number of para-hydroxylation sites is 1. The first-order valence-electron chi connectivity index (χ1n) is 6.39. The van der Waals surface area contributed by atoms with Crippen LogP contribution in [-0.4, -0.2) is 19.6 Å². The molecule has 2 aliphatic rings. The van der Waals surface area contributed by atoms with Gasteiger partial charge in [0.05, 0.1) is 0 Å². The average Bonchev–Trinajstić information content (AvgIpc) is 3.13. The Bertz CT molecular complexity index is 371. The molecule has 1 unspecified atom stereocenters. The van der Waals surface area contributed by atoms with E-state index in [1.807, 2.05) is 0 Å². The molecule has 0 radical (unpaired) electrons. The molecule has 1 aromatic carbocycles. The van der Waals surface area contributed by atoms with Crippen molar-refractivity contribution in [3.8, 4) is 0 Å². The van der Waals surface area contributed by atoms with E-state index in [0.29, 0.717) is 5.92 Å². The number of nitrogens with two attached hydrogens (primary N) is 1. The summed E-state index contributed by atoms with van der Waals surface area (Å²) in [5.41, 5.74) is 8.79. The Labute approximate surface area is 97.4 Å². The highest BCUT2D eigenvalue weighted by molar-refractivity contribution is 5.56. The predicted molar refractivity (Wildman–Crippen MR) is 67.6 cm³/mol. The minimum Gasteiger partial charge on any atom is -0.371 e. The zero-order chi connectivity index (χ0) is 11.0. The zero-order valence-electron chi connectivity index (χ0n) is 9.73. The smallest absolute Gasteiger partial charge is 0.0399 e. The van der Waals surface area contributed by atoms with Gasteiger partial charge in [0.2, 0.25) is 0 Å². The lowest BCUT2D eigenvalue weighted by Crippen LogP contribution is -2.39. The number of fused-ring (bicyclic) bond motifs is 1. The summed E-state index contributed by atoms with van der Waals surface area (Å²) in [5.74, 6) is 1.60. The summed E-state index contributed by atoms with van der Waals surface area (Å²) < 4.78 is 0. The third-order valence-electron chi connectivity index (χ3n) is 3.83. The van der Waals surface area contributed by atoms with Crippen molar-refractivity contribution in [3.63, 3.8) is 0 Å². The molecular formula is C14H20N2. The van der Waals surface area contributed by atoms with Crippen LogP contribution < -0.4 is 10.6 Å². The van der Waals surface area contributed by atoms with Crippen molar-refractivity contribution in [1.82, 2.24) is 0 Å². The van der Waals surface area contributed by atoms with Gasteiger partial charge < -0.3 is 10.6 Å². The van der Waals surface area contributed by atoms with Gasteiger partial charge in [-0.05, 0) is 49.3 Å². The summed E-state index contributed by atoms with van der Waals surface area (Å²) in [7, 11) is 0. The topological polar surface area (TPSA) is 29.3 Å². The van der Waals surface area contributed by atoms with Gasteiger partial charge in [-0.3, -0.25) is 0 Å². The highest BCUT2D eigenvalue weighted by Gasteiger charge is 2.29. The Morgan fingerprint density at radius 3 is 2.75 bits per heavy atom. The summed E-state index contributed by atoms with van der Waals surface area (Å²) in [6.45, 7) is 3.22. The number of hydrogen-bond acceptors (Lipinski definition) is 2. The largest absolute Gasteiger partial charge is 0.371 e. The van der Waals surface area contributed by atoms with E-state index in [4.69, 9.17) is 5.73 Å². The second-order valence-electron chi connectivity index (χ2n) is 5.28. The summed E-state index contributed by atoms with van der Waals surface area (Å²) in [4.78, 5) is 2.56.